The first-order valence-electron chi connectivity index (χ1n) is 13.3. The molecule has 0 radical (unpaired) electrons. The number of benzene rings is 3. The largest absolute Gasteiger partial charge is 0.473 e. The van der Waals surface area contributed by atoms with Crippen LogP contribution in [0, 0.1) is 0 Å². The van der Waals surface area contributed by atoms with Crippen molar-refractivity contribution in [3.05, 3.63) is 108 Å². The summed E-state index contributed by atoms with van der Waals surface area (Å²) < 4.78 is 19.6. The molecule has 0 aliphatic carbocycles. The van der Waals surface area contributed by atoms with Gasteiger partial charge in [0.25, 0.3) is 0 Å². The number of pyridine rings is 1. The second kappa shape index (κ2) is 11.6. The second-order valence-corrected chi connectivity index (χ2v) is 10.6. The van der Waals surface area contributed by atoms with Gasteiger partial charge in [-0.05, 0) is 49.6 Å². The fraction of sp³-hybridized carbons (Fsp3) is 0.242. The topological polar surface area (TPSA) is 75.5 Å². The smallest absolute Gasteiger partial charge is 0.310 e. The van der Waals surface area contributed by atoms with Gasteiger partial charge in [-0.2, -0.15) is 10.1 Å². The van der Waals surface area contributed by atoms with E-state index < -0.39 is 5.60 Å². The average Bonchev–Trinajstić information content (AvgIpc) is 3.26. The van der Waals surface area contributed by atoms with E-state index >= 15 is 0 Å². The molecule has 0 aliphatic rings. The van der Waals surface area contributed by atoms with Gasteiger partial charge in [-0.15, -0.1) is 0 Å². The molecule has 7 heteroatoms. The molecular formula is C33H33N3O4. The first kappa shape index (κ1) is 26.9. The fourth-order valence-corrected chi connectivity index (χ4v) is 4.41. The Morgan fingerprint density at radius 2 is 1.45 bits per heavy atom. The van der Waals surface area contributed by atoms with Crippen molar-refractivity contribution in [2.24, 2.45) is 7.05 Å². The summed E-state index contributed by atoms with van der Waals surface area (Å²) in [6.07, 6.45) is 0.189. The van der Waals surface area contributed by atoms with Gasteiger partial charge in [0.05, 0.1) is 17.5 Å². The third-order valence-electron chi connectivity index (χ3n) is 6.22. The average molecular weight is 536 g/mol. The molecule has 0 aliphatic heterocycles. The molecule has 3 aromatic carbocycles. The Balaban J connectivity index is 1.45. The van der Waals surface area contributed by atoms with E-state index in [9.17, 15) is 4.79 Å². The number of esters is 1. The number of aromatic nitrogens is 3. The molecule has 40 heavy (non-hydrogen) atoms. The Morgan fingerprint density at radius 3 is 2.10 bits per heavy atom. The fourth-order valence-electron chi connectivity index (χ4n) is 4.41. The number of hydrogen-bond acceptors (Lipinski definition) is 6. The highest BCUT2D eigenvalue weighted by Gasteiger charge is 2.20. The van der Waals surface area contributed by atoms with Crippen LogP contribution in [0.2, 0.25) is 0 Å². The van der Waals surface area contributed by atoms with Crippen LogP contribution in [0.25, 0.3) is 22.2 Å². The molecular weight excluding hydrogens is 502 g/mol. The van der Waals surface area contributed by atoms with Crippen molar-refractivity contribution >= 4 is 16.9 Å². The van der Waals surface area contributed by atoms with E-state index in [0.717, 1.165) is 38.9 Å². The number of nitrogens with zero attached hydrogens (tertiary/aromatic N) is 3. The van der Waals surface area contributed by atoms with Crippen LogP contribution in [0.5, 0.6) is 11.8 Å². The van der Waals surface area contributed by atoms with Crippen LogP contribution in [0.1, 0.15) is 37.5 Å². The van der Waals surface area contributed by atoms with Crippen LogP contribution in [0.4, 0.5) is 0 Å². The van der Waals surface area contributed by atoms with Crippen molar-refractivity contribution in [3.63, 3.8) is 0 Å². The molecule has 5 aromatic rings. The van der Waals surface area contributed by atoms with Crippen LogP contribution < -0.4 is 9.47 Å². The summed E-state index contributed by atoms with van der Waals surface area (Å²) in [6.45, 7) is 6.35. The predicted octanol–water partition coefficient (Wildman–Crippen LogP) is 6.68. The van der Waals surface area contributed by atoms with E-state index in [-0.39, 0.29) is 12.4 Å². The lowest BCUT2D eigenvalue weighted by Gasteiger charge is -2.19. The van der Waals surface area contributed by atoms with Crippen LogP contribution in [0.3, 0.4) is 0 Å². The lowest BCUT2D eigenvalue weighted by molar-refractivity contribution is -0.153. The van der Waals surface area contributed by atoms with Crippen LogP contribution in [-0.2, 0) is 36.2 Å². The van der Waals surface area contributed by atoms with Gasteiger partial charge in [0.1, 0.15) is 24.5 Å². The van der Waals surface area contributed by atoms with Crippen molar-refractivity contribution < 1.29 is 19.0 Å². The van der Waals surface area contributed by atoms with E-state index in [1.165, 1.54) is 0 Å². The van der Waals surface area contributed by atoms with E-state index in [4.69, 9.17) is 24.3 Å². The predicted molar refractivity (Wildman–Crippen MR) is 155 cm³/mol. The van der Waals surface area contributed by atoms with Crippen molar-refractivity contribution in [1.29, 1.82) is 0 Å². The molecule has 7 nitrogen and oxygen atoms in total. The van der Waals surface area contributed by atoms with E-state index in [2.05, 4.69) is 0 Å². The van der Waals surface area contributed by atoms with Gasteiger partial charge in [0.15, 0.2) is 0 Å². The minimum absolute atomic E-state index is 0.189. The summed E-state index contributed by atoms with van der Waals surface area (Å²) in [7, 11) is 1.89. The Hall–Kier alpha value is -4.65. The number of hydrogen-bond donors (Lipinski definition) is 0. The van der Waals surface area contributed by atoms with Crippen molar-refractivity contribution in [3.8, 4) is 23.0 Å². The number of rotatable bonds is 9. The van der Waals surface area contributed by atoms with Gasteiger partial charge in [-0.3, -0.25) is 9.48 Å². The first-order chi connectivity index (χ1) is 19.2. The third-order valence-corrected chi connectivity index (χ3v) is 6.22. The molecule has 0 N–H and O–H groups in total. The molecule has 0 unspecified atom stereocenters. The molecule has 0 saturated heterocycles. The SMILES string of the molecule is Cn1nc(-c2ccc(OCc3ccccc3)nc2OCc2ccccc2)c2ccc(CC(=O)OC(C)(C)C)cc21. The normalized spacial score (nSPS) is 11.4. The van der Waals surface area contributed by atoms with Gasteiger partial charge in [-0.25, -0.2) is 0 Å². The highest BCUT2D eigenvalue weighted by molar-refractivity contribution is 5.95. The lowest BCUT2D eigenvalue weighted by Crippen LogP contribution is -2.24. The number of fused-ring (bicyclic) bond motifs is 1. The molecule has 5 rings (SSSR count). The lowest BCUT2D eigenvalue weighted by atomic mass is 10.1. The maximum Gasteiger partial charge on any atom is 0.310 e. The molecule has 0 fully saturated rings. The quantitative estimate of drug-likeness (QED) is 0.196. The van der Waals surface area contributed by atoms with Crippen molar-refractivity contribution in [1.82, 2.24) is 14.8 Å². The van der Waals surface area contributed by atoms with Crippen molar-refractivity contribution in [2.45, 2.75) is 46.0 Å². The van der Waals surface area contributed by atoms with E-state index in [1.54, 1.807) is 0 Å². The Labute approximate surface area is 234 Å². The highest BCUT2D eigenvalue weighted by Crippen LogP contribution is 2.35. The zero-order valence-corrected chi connectivity index (χ0v) is 23.3. The first-order valence-corrected chi connectivity index (χ1v) is 13.3. The van der Waals surface area contributed by atoms with Crippen molar-refractivity contribution in [2.75, 3.05) is 0 Å². The maximum atomic E-state index is 12.4. The third kappa shape index (κ3) is 6.67. The summed E-state index contributed by atoms with van der Waals surface area (Å²) >= 11 is 0. The standard InChI is InChI=1S/C33H33N3O4/c1-33(2,3)40-30(37)20-25-15-16-26-28(19-25)36(4)35-31(26)27-17-18-29(38-21-23-11-7-5-8-12-23)34-32(27)39-22-24-13-9-6-10-14-24/h5-19H,20-22H2,1-4H3. The van der Waals surface area contributed by atoms with Crippen LogP contribution in [0.15, 0.2) is 91.0 Å². The number of carbonyl (C=O) groups excluding carboxylic acids is 1. The van der Waals surface area contributed by atoms with Gasteiger partial charge in [0, 0.05) is 18.5 Å². The molecule has 0 saturated carbocycles. The number of carbonyl (C=O) groups is 1. The highest BCUT2D eigenvalue weighted by atomic mass is 16.6. The van der Waals surface area contributed by atoms with Crippen LogP contribution >= 0.6 is 0 Å². The van der Waals surface area contributed by atoms with E-state index in [1.807, 2.05) is 123 Å². The molecule has 204 valence electrons. The zero-order chi connectivity index (χ0) is 28.1. The summed E-state index contributed by atoms with van der Waals surface area (Å²) in [5.41, 5.74) is 4.82. The number of ether oxygens (including phenoxy) is 3. The Morgan fingerprint density at radius 1 is 0.800 bits per heavy atom. The number of aryl methyl sites for hydroxylation is 1. The summed E-state index contributed by atoms with van der Waals surface area (Å²) in [5, 5.41) is 5.75. The summed E-state index contributed by atoms with van der Waals surface area (Å²) in [6, 6.07) is 29.6. The maximum absolute atomic E-state index is 12.4. The molecule has 2 heterocycles. The zero-order valence-electron chi connectivity index (χ0n) is 23.3. The van der Waals surface area contributed by atoms with Gasteiger partial charge in [-0.1, -0.05) is 72.8 Å². The monoisotopic (exact) mass is 535 g/mol. The second-order valence-electron chi connectivity index (χ2n) is 10.6. The molecule has 0 amide bonds. The minimum Gasteiger partial charge on any atom is -0.473 e. The summed E-state index contributed by atoms with van der Waals surface area (Å²) in [4.78, 5) is 17.1. The molecule has 0 atom stereocenters. The van der Waals surface area contributed by atoms with Crippen LogP contribution in [-0.4, -0.2) is 26.3 Å². The Bertz CT molecular complexity index is 1610. The van der Waals surface area contributed by atoms with Gasteiger partial charge in [0.2, 0.25) is 11.8 Å². The molecule has 0 spiro atoms. The summed E-state index contributed by atoms with van der Waals surface area (Å²) in [5.74, 6) is 0.643. The minimum atomic E-state index is -0.527. The van der Waals surface area contributed by atoms with Gasteiger partial charge < -0.3 is 14.2 Å². The molecule has 0 bridgehead atoms. The van der Waals surface area contributed by atoms with Gasteiger partial charge >= 0.3 is 5.97 Å². The molecule has 2 aromatic heterocycles. The van der Waals surface area contributed by atoms with E-state index in [0.29, 0.717) is 25.0 Å². The Kier molecular flexibility index (Phi) is 7.82.